The number of carbonyl (C=O) groups is 5. The fourth-order valence-electron chi connectivity index (χ4n) is 6.98. The molecule has 210 valence electrons. The van der Waals surface area contributed by atoms with Crippen LogP contribution in [0.15, 0.2) is 23.3 Å². The summed E-state index contributed by atoms with van der Waals surface area (Å²) in [6.45, 7) is 16.0. The summed E-state index contributed by atoms with van der Waals surface area (Å²) >= 11 is 0. The Balaban J connectivity index is 2.50. The van der Waals surface area contributed by atoms with E-state index in [2.05, 4.69) is 6.58 Å². The van der Waals surface area contributed by atoms with Gasteiger partial charge >= 0.3 is 23.9 Å². The third-order valence-electron chi connectivity index (χ3n) is 8.57. The second kappa shape index (κ2) is 10.3. The molecule has 8 unspecified atom stereocenters. The summed E-state index contributed by atoms with van der Waals surface area (Å²) in [5.41, 5.74) is -1.21. The minimum absolute atomic E-state index is 0.0134. The molecule has 0 aromatic heterocycles. The maximum atomic E-state index is 13.4. The monoisotopic (exact) mass is 534 g/mol. The third kappa shape index (κ3) is 4.90. The molecule has 10 nitrogen and oxygen atoms in total. The number of Topliss-reactive ketones (excluding diaryl/α,β-unsaturated/α-hetero) is 1. The Morgan fingerprint density at radius 3 is 1.92 bits per heavy atom. The highest BCUT2D eigenvalue weighted by atomic mass is 16.6. The third-order valence-corrected chi connectivity index (χ3v) is 8.57. The quantitative estimate of drug-likeness (QED) is 0.325. The van der Waals surface area contributed by atoms with Crippen LogP contribution in [0, 0.1) is 22.7 Å². The summed E-state index contributed by atoms with van der Waals surface area (Å²) in [4.78, 5) is 63.1. The molecule has 0 heterocycles. The Kier molecular flexibility index (Phi) is 7.99. The molecule has 0 spiro atoms. The predicted octanol–water partition coefficient (Wildman–Crippen LogP) is 2.60. The first-order valence-corrected chi connectivity index (χ1v) is 12.7. The number of esters is 4. The summed E-state index contributed by atoms with van der Waals surface area (Å²) in [5.74, 6) is -4.44. The van der Waals surface area contributed by atoms with Gasteiger partial charge in [0.1, 0.15) is 12.2 Å². The Morgan fingerprint density at radius 1 is 0.895 bits per heavy atom. The van der Waals surface area contributed by atoms with Gasteiger partial charge in [0.25, 0.3) is 0 Å². The SMILES string of the molecule is C=C1C(O)CC(OC(C)=O)C2(C)C(OC(C)=O)C(OC(C)=O)C3=C(C)C(=O)CC(C(OC(C)=O)C12)C3(C)C. The number of hydrogen-bond acceptors (Lipinski definition) is 10. The molecule has 3 aliphatic rings. The van der Waals surface area contributed by atoms with Crippen molar-refractivity contribution in [2.45, 2.75) is 98.8 Å². The number of ether oxygens (including phenoxy) is 4. The predicted molar refractivity (Wildman–Crippen MR) is 133 cm³/mol. The normalized spacial score (nSPS) is 36.3. The molecule has 3 rings (SSSR count). The number of rotatable bonds is 4. The Hall–Kier alpha value is -3.01. The van der Waals surface area contributed by atoms with E-state index in [0.29, 0.717) is 11.1 Å². The number of fused-ring (bicyclic) bond motifs is 3. The van der Waals surface area contributed by atoms with E-state index in [1.165, 1.54) is 27.7 Å². The first-order valence-electron chi connectivity index (χ1n) is 12.7. The lowest BCUT2D eigenvalue weighted by Gasteiger charge is -2.60. The topological polar surface area (TPSA) is 143 Å². The van der Waals surface area contributed by atoms with Crippen LogP contribution < -0.4 is 0 Å². The van der Waals surface area contributed by atoms with Gasteiger partial charge in [-0.3, -0.25) is 24.0 Å². The largest absolute Gasteiger partial charge is 0.462 e. The number of allylic oxidation sites excluding steroid dienone is 1. The van der Waals surface area contributed by atoms with Gasteiger partial charge < -0.3 is 24.1 Å². The highest BCUT2D eigenvalue weighted by Gasteiger charge is 2.67. The number of hydrogen-bond donors (Lipinski definition) is 1. The number of aliphatic hydroxyl groups is 1. The van der Waals surface area contributed by atoms with Gasteiger partial charge in [-0.05, 0) is 29.1 Å². The smallest absolute Gasteiger partial charge is 0.303 e. The maximum absolute atomic E-state index is 13.4. The molecule has 0 amide bonds. The van der Waals surface area contributed by atoms with Crippen molar-refractivity contribution in [3.63, 3.8) is 0 Å². The highest BCUT2D eigenvalue weighted by molar-refractivity contribution is 5.97. The van der Waals surface area contributed by atoms with Gasteiger partial charge in [0.2, 0.25) is 0 Å². The lowest BCUT2D eigenvalue weighted by molar-refractivity contribution is -0.227. The van der Waals surface area contributed by atoms with E-state index in [-0.39, 0.29) is 24.2 Å². The molecule has 0 aromatic rings. The summed E-state index contributed by atoms with van der Waals surface area (Å²) in [5, 5.41) is 11.1. The van der Waals surface area contributed by atoms with E-state index < -0.39 is 77.1 Å². The Labute approximate surface area is 222 Å². The fraction of sp³-hybridized carbons (Fsp3) is 0.679. The zero-order chi connectivity index (χ0) is 28.9. The van der Waals surface area contributed by atoms with Crippen molar-refractivity contribution in [3.05, 3.63) is 23.3 Å². The summed E-state index contributed by atoms with van der Waals surface area (Å²) in [6, 6.07) is 0. The van der Waals surface area contributed by atoms with Gasteiger partial charge in [0.15, 0.2) is 18.0 Å². The van der Waals surface area contributed by atoms with E-state index in [9.17, 15) is 29.1 Å². The van der Waals surface area contributed by atoms with Crippen LogP contribution in [0.1, 0.15) is 68.2 Å². The molecule has 0 saturated heterocycles. The molecule has 3 aliphatic carbocycles. The minimum atomic E-state index is -1.39. The molecule has 0 aliphatic heterocycles. The summed E-state index contributed by atoms with van der Waals surface area (Å²) in [7, 11) is 0. The molecular weight excluding hydrogens is 496 g/mol. The second-order valence-electron chi connectivity index (χ2n) is 11.4. The van der Waals surface area contributed by atoms with Crippen LogP contribution in [0.4, 0.5) is 0 Å². The summed E-state index contributed by atoms with van der Waals surface area (Å²) in [6.07, 6.45) is -5.81. The van der Waals surface area contributed by atoms with Crippen molar-refractivity contribution in [1.82, 2.24) is 0 Å². The van der Waals surface area contributed by atoms with Gasteiger partial charge in [-0.1, -0.05) is 27.4 Å². The van der Waals surface area contributed by atoms with E-state index in [0.717, 1.165) is 0 Å². The fourth-order valence-corrected chi connectivity index (χ4v) is 6.98. The van der Waals surface area contributed by atoms with Gasteiger partial charge in [0, 0.05) is 52.4 Å². The number of ketones is 1. The van der Waals surface area contributed by atoms with E-state index in [1.807, 2.05) is 13.8 Å². The average Bonchev–Trinajstić information content (AvgIpc) is 2.75. The van der Waals surface area contributed by atoms with Gasteiger partial charge in [0.05, 0.1) is 11.5 Å². The zero-order valence-electron chi connectivity index (χ0n) is 23.3. The number of aliphatic hydroxyl groups excluding tert-OH is 1. The van der Waals surface area contributed by atoms with Crippen molar-refractivity contribution in [3.8, 4) is 0 Å². The van der Waals surface area contributed by atoms with Crippen LogP contribution in [0.3, 0.4) is 0 Å². The molecule has 8 atom stereocenters. The van der Waals surface area contributed by atoms with Crippen molar-refractivity contribution in [2.24, 2.45) is 22.7 Å². The van der Waals surface area contributed by atoms with Crippen LogP contribution in [0.25, 0.3) is 0 Å². The summed E-state index contributed by atoms with van der Waals surface area (Å²) < 4.78 is 23.4. The van der Waals surface area contributed by atoms with E-state index in [4.69, 9.17) is 18.9 Å². The highest BCUT2D eigenvalue weighted by Crippen LogP contribution is 2.60. The Morgan fingerprint density at radius 2 is 1.42 bits per heavy atom. The minimum Gasteiger partial charge on any atom is -0.462 e. The maximum Gasteiger partial charge on any atom is 0.303 e. The molecule has 38 heavy (non-hydrogen) atoms. The van der Waals surface area contributed by atoms with Crippen molar-refractivity contribution < 1.29 is 48.0 Å². The first kappa shape index (κ1) is 29.5. The van der Waals surface area contributed by atoms with Crippen LogP contribution in [-0.4, -0.2) is 65.3 Å². The van der Waals surface area contributed by atoms with Gasteiger partial charge in [-0.25, -0.2) is 0 Å². The molecule has 0 aromatic carbocycles. The molecule has 1 N–H and O–H groups in total. The van der Waals surface area contributed by atoms with Crippen molar-refractivity contribution >= 4 is 29.7 Å². The van der Waals surface area contributed by atoms with Crippen LogP contribution in [0.5, 0.6) is 0 Å². The molecule has 2 bridgehead atoms. The van der Waals surface area contributed by atoms with E-state index >= 15 is 0 Å². The molecule has 2 saturated carbocycles. The standard InChI is InChI=1S/C28H38O10/c1-12-19(33)10-18-24(36-15(4)30)23-13(2)20(34)11-21(35-14(3)29)28(23,9)26(38-17(6)32)25(37-16(5)31)22(12)27(18,7)8/h18,20-21,23-26,34H,2,10-11H2,1,3-9H3. The van der Waals surface area contributed by atoms with Crippen LogP contribution >= 0.6 is 0 Å². The molecule has 0 radical (unpaired) electrons. The molecular formula is C28H38O10. The van der Waals surface area contributed by atoms with Crippen molar-refractivity contribution in [1.29, 1.82) is 0 Å². The average molecular weight is 535 g/mol. The Bertz CT molecular complexity index is 1100. The lowest BCUT2D eigenvalue weighted by atomic mass is 9.48. The molecule has 2 fully saturated rings. The van der Waals surface area contributed by atoms with Crippen LogP contribution in [0.2, 0.25) is 0 Å². The van der Waals surface area contributed by atoms with Crippen LogP contribution in [-0.2, 0) is 42.9 Å². The van der Waals surface area contributed by atoms with Gasteiger partial charge in [-0.2, -0.15) is 0 Å². The number of carbonyl (C=O) groups excluding carboxylic acids is 5. The zero-order valence-corrected chi connectivity index (χ0v) is 23.3. The second-order valence-corrected chi connectivity index (χ2v) is 11.4. The molecule has 10 heteroatoms. The van der Waals surface area contributed by atoms with Gasteiger partial charge in [-0.15, -0.1) is 0 Å². The van der Waals surface area contributed by atoms with E-state index in [1.54, 1.807) is 13.8 Å². The van der Waals surface area contributed by atoms with Crippen molar-refractivity contribution in [2.75, 3.05) is 0 Å². The lowest BCUT2D eigenvalue weighted by Crippen LogP contribution is -2.68. The first-order chi connectivity index (χ1) is 17.4.